The van der Waals surface area contributed by atoms with E-state index in [9.17, 15) is 4.79 Å². The highest BCUT2D eigenvalue weighted by Crippen LogP contribution is 2.32. The molecule has 4 heteroatoms. The van der Waals surface area contributed by atoms with Crippen LogP contribution in [0.4, 0.5) is 0 Å². The normalized spacial score (nSPS) is 18.6. The van der Waals surface area contributed by atoms with Crippen molar-refractivity contribution < 1.29 is 4.79 Å². The molecule has 0 bridgehead atoms. The van der Waals surface area contributed by atoms with Crippen LogP contribution in [0.15, 0.2) is 0 Å². The SMILES string of the molecule is CCN(C)C(=O)CNCC1(N(C)C)CCCC1. The fourth-order valence-electron chi connectivity index (χ4n) is 2.53. The van der Waals surface area contributed by atoms with Gasteiger partial charge in [0.1, 0.15) is 0 Å². The van der Waals surface area contributed by atoms with Gasteiger partial charge in [0.05, 0.1) is 6.54 Å². The molecule has 1 rings (SSSR count). The Morgan fingerprint density at radius 2 is 1.82 bits per heavy atom. The molecule has 0 saturated heterocycles. The lowest BCUT2D eigenvalue weighted by molar-refractivity contribution is -0.128. The second-order valence-corrected chi connectivity index (χ2v) is 5.34. The quantitative estimate of drug-likeness (QED) is 0.751. The van der Waals surface area contributed by atoms with E-state index in [4.69, 9.17) is 0 Å². The minimum absolute atomic E-state index is 0.180. The Balaban J connectivity index is 2.36. The van der Waals surface area contributed by atoms with Crippen molar-refractivity contribution in [3.05, 3.63) is 0 Å². The molecule has 0 heterocycles. The third kappa shape index (κ3) is 3.68. The summed E-state index contributed by atoms with van der Waals surface area (Å²) in [6.07, 6.45) is 5.10. The van der Waals surface area contributed by atoms with E-state index in [2.05, 4.69) is 24.3 Å². The molecule has 0 aromatic heterocycles. The van der Waals surface area contributed by atoms with Crippen molar-refractivity contribution in [2.75, 3.05) is 40.8 Å². The van der Waals surface area contributed by atoms with Gasteiger partial charge in [-0.3, -0.25) is 4.79 Å². The van der Waals surface area contributed by atoms with Crippen LogP contribution < -0.4 is 5.32 Å². The summed E-state index contributed by atoms with van der Waals surface area (Å²) in [6.45, 7) is 4.15. The summed E-state index contributed by atoms with van der Waals surface area (Å²) in [5.41, 5.74) is 0.269. The summed E-state index contributed by atoms with van der Waals surface area (Å²) >= 11 is 0. The topological polar surface area (TPSA) is 35.6 Å². The smallest absolute Gasteiger partial charge is 0.236 e. The number of hydrogen-bond donors (Lipinski definition) is 1. The molecule has 0 unspecified atom stereocenters. The highest BCUT2D eigenvalue weighted by atomic mass is 16.2. The van der Waals surface area contributed by atoms with Crippen LogP contribution in [-0.2, 0) is 4.79 Å². The van der Waals surface area contributed by atoms with Crippen LogP contribution in [0.3, 0.4) is 0 Å². The zero-order chi connectivity index (χ0) is 12.9. The van der Waals surface area contributed by atoms with E-state index in [0.29, 0.717) is 6.54 Å². The van der Waals surface area contributed by atoms with Gasteiger partial charge in [0.15, 0.2) is 0 Å². The molecule has 1 fully saturated rings. The van der Waals surface area contributed by atoms with Gasteiger partial charge in [0.25, 0.3) is 0 Å². The lowest BCUT2D eigenvalue weighted by Gasteiger charge is -2.36. The Morgan fingerprint density at radius 3 is 2.29 bits per heavy atom. The van der Waals surface area contributed by atoms with Crippen LogP contribution in [0.5, 0.6) is 0 Å². The standard InChI is InChI=1S/C13H27N3O/c1-5-16(4)12(17)10-14-11-13(15(2)3)8-6-7-9-13/h14H,5-11H2,1-4H3. The van der Waals surface area contributed by atoms with Gasteiger partial charge in [-0.05, 0) is 33.9 Å². The first kappa shape index (κ1) is 14.5. The van der Waals surface area contributed by atoms with E-state index in [-0.39, 0.29) is 11.4 Å². The summed E-state index contributed by atoms with van der Waals surface area (Å²) in [7, 11) is 6.14. The molecule has 1 saturated carbocycles. The monoisotopic (exact) mass is 241 g/mol. The molecule has 0 aromatic carbocycles. The molecule has 0 aliphatic heterocycles. The summed E-state index contributed by atoms with van der Waals surface area (Å²) in [6, 6.07) is 0. The Kier molecular flexibility index (Phi) is 5.40. The van der Waals surface area contributed by atoms with E-state index in [1.54, 1.807) is 4.90 Å². The van der Waals surface area contributed by atoms with Crippen molar-refractivity contribution in [3.63, 3.8) is 0 Å². The average Bonchev–Trinajstić information content (AvgIpc) is 2.77. The van der Waals surface area contributed by atoms with Crippen molar-refractivity contribution in [2.24, 2.45) is 0 Å². The third-order valence-electron chi connectivity index (χ3n) is 4.11. The number of nitrogens with one attached hydrogen (secondary N) is 1. The van der Waals surface area contributed by atoms with Crippen LogP contribution in [-0.4, -0.2) is 62.0 Å². The van der Waals surface area contributed by atoms with Gasteiger partial charge >= 0.3 is 0 Å². The van der Waals surface area contributed by atoms with Crippen LogP contribution in [0.1, 0.15) is 32.6 Å². The molecular formula is C13H27N3O. The van der Waals surface area contributed by atoms with Crippen molar-refractivity contribution in [3.8, 4) is 0 Å². The molecule has 0 spiro atoms. The number of amides is 1. The molecule has 1 aliphatic rings. The van der Waals surface area contributed by atoms with E-state index in [1.165, 1.54) is 25.7 Å². The lowest BCUT2D eigenvalue weighted by atomic mass is 9.96. The van der Waals surface area contributed by atoms with E-state index < -0.39 is 0 Å². The van der Waals surface area contributed by atoms with Gasteiger partial charge in [-0.1, -0.05) is 12.8 Å². The number of likely N-dealkylation sites (N-methyl/N-ethyl adjacent to an activating group) is 2. The predicted octanol–water partition coefficient (Wildman–Crippen LogP) is 0.929. The highest BCUT2D eigenvalue weighted by molar-refractivity contribution is 5.77. The summed E-state index contributed by atoms with van der Waals surface area (Å²) in [5.74, 6) is 0.180. The first-order valence-electron chi connectivity index (χ1n) is 6.64. The Labute approximate surface area is 105 Å². The maximum absolute atomic E-state index is 11.7. The molecule has 17 heavy (non-hydrogen) atoms. The minimum atomic E-state index is 0.180. The molecule has 100 valence electrons. The molecule has 4 nitrogen and oxygen atoms in total. The second-order valence-electron chi connectivity index (χ2n) is 5.34. The van der Waals surface area contributed by atoms with Gasteiger partial charge in [-0.15, -0.1) is 0 Å². The lowest BCUT2D eigenvalue weighted by Crippen LogP contribution is -2.51. The zero-order valence-corrected chi connectivity index (χ0v) is 11.8. The van der Waals surface area contributed by atoms with Crippen LogP contribution >= 0.6 is 0 Å². The van der Waals surface area contributed by atoms with Gasteiger partial charge in [0.2, 0.25) is 5.91 Å². The number of hydrogen-bond acceptors (Lipinski definition) is 3. The zero-order valence-electron chi connectivity index (χ0n) is 11.8. The average molecular weight is 241 g/mol. The highest BCUT2D eigenvalue weighted by Gasteiger charge is 2.35. The molecule has 0 radical (unpaired) electrons. The maximum atomic E-state index is 11.7. The minimum Gasteiger partial charge on any atom is -0.345 e. The fourth-order valence-corrected chi connectivity index (χ4v) is 2.53. The van der Waals surface area contributed by atoms with E-state index in [1.807, 2.05) is 14.0 Å². The van der Waals surface area contributed by atoms with Gasteiger partial charge in [0, 0.05) is 25.7 Å². The van der Waals surface area contributed by atoms with Crippen LogP contribution in [0.25, 0.3) is 0 Å². The van der Waals surface area contributed by atoms with Crippen molar-refractivity contribution in [1.82, 2.24) is 15.1 Å². The van der Waals surface area contributed by atoms with Crippen LogP contribution in [0.2, 0.25) is 0 Å². The van der Waals surface area contributed by atoms with Gasteiger partial charge in [-0.25, -0.2) is 0 Å². The fraction of sp³-hybridized carbons (Fsp3) is 0.923. The second kappa shape index (κ2) is 6.36. The predicted molar refractivity (Wildman–Crippen MR) is 71.1 cm³/mol. The maximum Gasteiger partial charge on any atom is 0.236 e. The van der Waals surface area contributed by atoms with Crippen molar-refractivity contribution >= 4 is 5.91 Å². The number of carbonyl (C=O) groups excluding carboxylic acids is 1. The molecule has 1 amide bonds. The summed E-state index contributed by atoms with van der Waals surface area (Å²) in [4.78, 5) is 15.7. The summed E-state index contributed by atoms with van der Waals surface area (Å²) < 4.78 is 0. The van der Waals surface area contributed by atoms with Crippen molar-refractivity contribution in [2.45, 2.75) is 38.1 Å². The molecule has 0 aromatic rings. The molecule has 1 aliphatic carbocycles. The Morgan fingerprint density at radius 1 is 1.24 bits per heavy atom. The first-order valence-corrected chi connectivity index (χ1v) is 6.64. The summed E-state index contributed by atoms with van der Waals surface area (Å²) in [5, 5.41) is 3.33. The van der Waals surface area contributed by atoms with Crippen molar-refractivity contribution in [1.29, 1.82) is 0 Å². The van der Waals surface area contributed by atoms with Crippen LogP contribution in [0, 0.1) is 0 Å². The Hall–Kier alpha value is -0.610. The molecule has 0 atom stereocenters. The number of carbonyl (C=O) groups is 1. The molecule has 1 N–H and O–H groups in total. The first-order chi connectivity index (χ1) is 8.02. The molecular weight excluding hydrogens is 214 g/mol. The van der Waals surface area contributed by atoms with E-state index >= 15 is 0 Å². The largest absolute Gasteiger partial charge is 0.345 e. The van der Waals surface area contributed by atoms with Gasteiger partial charge in [-0.2, -0.15) is 0 Å². The number of rotatable bonds is 6. The van der Waals surface area contributed by atoms with E-state index in [0.717, 1.165) is 13.1 Å². The Bertz CT molecular complexity index is 247. The third-order valence-corrected chi connectivity index (χ3v) is 4.11. The number of nitrogens with zero attached hydrogens (tertiary/aromatic N) is 2. The van der Waals surface area contributed by atoms with Gasteiger partial charge < -0.3 is 15.1 Å².